The van der Waals surface area contributed by atoms with Gasteiger partial charge in [0.15, 0.2) is 0 Å². The molecule has 0 amide bonds. The molecule has 1 N–H and O–H groups in total. The van der Waals surface area contributed by atoms with Crippen LogP contribution in [0.1, 0.15) is 5.56 Å². The van der Waals surface area contributed by atoms with E-state index in [0.717, 1.165) is 11.3 Å². The van der Waals surface area contributed by atoms with E-state index in [-0.39, 0.29) is 5.28 Å². The molecular weight excluding hydrogens is 273 g/mol. The summed E-state index contributed by atoms with van der Waals surface area (Å²) in [4.78, 5) is 8.00. The van der Waals surface area contributed by atoms with Crippen LogP contribution in [0.5, 0.6) is 5.75 Å². The van der Waals surface area contributed by atoms with E-state index in [0.29, 0.717) is 16.6 Å². The number of aromatic nitrogens is 2. The highest BCUT2D eigenvalue weighted by Crippen LogP contribution is 2.29. The molecule has 0 spiro atoms. The zero-order valence-corrected chi connectivity index (χ0v) is 11.4. The highest BCUT2D eigenvalue weighted by atomic mass is 35.5. The number of hydrogen-bond donors (Lipinski definition) is 1. The van der Waals surface area contributed by atoms with Crippen LogP contribution in [0, 0.1) is 6.92 Å². The summed E-state index contributed by atoms with van der Waals surface area (Å²) in [5, 5.41) is 3.85. The minimum atomic E-state index is 0.197. The molecule has 2 rings (SSSR count). The highest BCUT2D eigenvalue weighted by Gasteiger charge is 2.05. The molecule has 18 heavy (non-hydrogen) atoms. The Morgan fingerprint density at radius 3 is 2.72 bits per heavy atom. The van der Waals surface area contributed by atoms with E-state index < -0.39 is 0 Å². The molecule has 0 radical (unpaired) electrons. The molecule has 0 aliphatic heterocycles. The van der Waals surface area contributed by atoms with E-state index in [1.54, 1.807) is 25.4 Å². The van der Waals surface area contributed by atoms with Crippen molar-refractivity contribution in [3.8, 4) is 5.75 Å². The van der Waals surface area contributed by atoms with Crippen molar-refractivity contribution in [2.24, 2.45) is 0 Å². The third-order valence-electron chi connectivity index (χ3n) is 2.36. The van der Waals surface area contributed by atoms with Gasteiger partial charge in [0.25, 0.3) is 0 Å². The zero-order chi connectivity index (χ0) is 13.1. The SMILES string of the molecule is COc1ccc(Nc2nc(Cl)ncc2C)cc1Cl. The molecule has 4 nitrogen and oxygen atoms in total. The van der Waals surface area contributed by atoms with Gasteiger partial charge in [0, 0.05) is 17.4 Å². The van der Waals surface area contributed by atoms with Crippen molar-refractivity contribution in [3.63, 3.8) is 0 Å². The van der Waals surface area contributed by atoms with Gasteiger partial charge in [0.05, 0.1) is 12.1 Å². The molecule has 1 aromatic carbocycles. The van der Waals surface area contributed by atoms with Crippen LogP contribution in [0.25, 0.3) is 0 Å². The van der Waals surface area contributed by atoms with E-state index in [4.69, 9.17) is 27.9 Å². The van der Waals surface area contributed by atoms with E-state index in [9.17, 15) is 0 Å². The van der Waals surface area contributed by atoms with Crippen LogP contribution in [-0.4, -0.2) is 17.1 Å². The van der Waals surface area contributed by atoms with E-state index in [2.05, 4.69) is 15.3 Å². The first-order chi connectivity index (χ1) is 8.60. The number of anilines is 2. The second kappa shape index (κ2) is 5.42. The molecule has 0 atom stereocenters. The van der Waals surface area contributed by atoms with Crippen molar-refractivity contribution in [1.29, 1.82) is 0 Å². The molecule has 1 heterocycles. The van der Waals surface area contributed by atoms with Crippen molar-refractivity contribution in [1.82, 2.24) is 9.97 Å². The van der Waals surface area contributed by atoms with Gasteiger partial charge >= 0.3 is 0 Å². The molecule has 0 bridgehead atoms. The maximum absolute atomic E-state index is 6.04. The lowest BCUT2D eigenvalue weighted by Gasteiger charge is -2.10. The average molecular weight is 284 g/mol. The number of aryl methyl sites for hydroxylation is 1. The number of halogens is 2. The molecule has 0 fully saturated rings. The molecule has 1 aromatic heterocycles. The molecular formula is C12H11Cl2N3O. The molecule has 6 heteroatoms. The third kappa shape index (κ3) is 2.83. The summed E-state index contributed by atoms with van der Waals surface area (Å²) in [6.45, 7) is 1.89. The Kier molecular flexibility index (Phi) is 3.89. The number of methoxy groups -OCH3 is 1. The van der Waals surface area contributed by atoms with Gasteiger partial charge < -0.3 is 10.1 Å². The van der Waals surface area contributed by atoms with Crippen molar-refractivity contribution >= 4 is 34.7 Å². The fourth-order valence-electron chi connectivity index (χ4n) is 1.43. The van der Waals surface area contributed by atoms with Crippen molar-refractivity contribution in [2.75, 3.05) is 12.4 Å². The normalized spacial score (nSPS) is 10.2. The van der Waals surface area contributed by atoms with Gasteiger partial charge in [-0.25, -0.2) is 9.97 Å². The van der Waals surface area contributed by atoms with E-state index in [1.807, 2.05) is 13.0 Å². The maximum atomic E-state index is 6.04. The quantitative estimate of drug-likeness (QED) is 0.870. The Morgan fingerprint density at radius 1 is 1.28 bits per heavy atom. The fraction of sp³-hybridized carbons (Fsp3) is 0.167. The highest BCUT2D eigenvalue weighted by molar-refractivity contribution is 6.32. The van der Waals surface area contributed by atoms with Crippen LogP contribution in [0.2, 0.25) is 10.3 Å². The number of nitrogens with zero attached hydrogens (tertiary/aromatic N) is 2. The topological polar surface area (TPSA) is 47.0 Å². The lowest BCUT2D eigenvalue weighted by molar-refractivity contribution is 0.415. The van der Waals surface area contributed by atoms with Crippen LogP contribution in [-0.2, 0) is 0 Å². The maximum Gasteiger partial charge on any atom is 0.224 e. The standard InChI is InChI=1S/C12H11Cl2N3O/c1-7-6-15-12(14)17-11(7)16-8-3-4-10(18-2)9(13)5-8/h3-6H,1-2H3,(H,15,16,17). The molecule has 0 aliphatic rings. The van der Waals surface area contributed by atoms with Crippen molar-refractivity contribution in [2.45, 2.75) is 6.92 Å². The first-order valence-electron chi connectivity index (χ1n) is 5.20. The predicted molar refractivity (Wildman–Crippen MR) is 73.1 cm³/mol. The molecule has 2 aromatic rings. The molecule has 0 aliphatic carbocycles. The molecule has 0 saturated heterocycles. The van der Waals surface area contributed by atoms with Crippen LogP contribution < -0.4 is 10.1 Å². The Balaban J connectivity index is 2.28. The second-order valence-electron chi connectivity index (χ2n) is 3.64. The zero-order valence-electron chi connectivity index (χ0n) is 9.87. The minimum absolute atomic E-state index is 0.197. The van der Waals surface area contributed by atoms with Crippen molar-refractivity contribution in [3.05, 3.63) is 40.3 Å². The predicted octanol–water partition coefficient (Wildman–Crippen LogP) is 3.84. The van der Waals surface area contributed by atoms with Gasteiger partial charge in [-0.15, -0.1) is 0 Å². The summed E-state index contributed by atoms with van der Waals surface area (Å²) in [5.41, 5.74) is 1.70. The van der Waals surface area contributed by atoms with Gasteiger partial charge in [-0.3, -0.25) is 0 Å². The summed E-state index contributed by atoms with van der Waals surface area (Å²) >= 11 is 11.8. The van der Waals surface area contributed by atoms with Gasteiger partial charge in [0.2, 0.25) is 5.28 Å². The first kappa shape index (κ1) is 12.9. The Bertz CT molecular complexity index is 575. The van der Waals surface area contributed by atoms with Crippen LogP contribution in [0.15, 0.2) is 24.4 Å². The van der Waals surface area contributed by atoms with Crippen LogP contribution in [0.4, 0.5) is 11.5 Å². The molecule has 94 valence electrons. The number of benzene rings is 1. The average Bonchev–Trinajstić information content (AvgIpc) is 2.34. The summed E-state index contributed by atoms with van der Waals surface area (Å²) in [6.07, 6.45) is 1.66. The lowest BCUT2D eigenvalue weighted by Crippen LogP contribution is -1.98. The second-order valence-corrected chi connectivity index (χ2v) is 4.39. The fourth-order valence-corrected chi connectivity index (χ4v) is 1.82. The summed E-state index contributed by atoms with van der Waals surface area (Å²) < 4.78 is 5.09. The summed E-state index contributed by atoms with van der Waals surface area (Å²) in [5.74, 6) is 1.27. The molecule has 0 saturated carbocycles. The number of hydrogen-bond acceptors (Lipinski definition) is 4. The number of ether oxygens (including phenoxy) is 1. The molecule has 0 unspecified atom stereocenters. The van der Waals surface area contributed by atoms with Crippen LogP contribution >= 0.6 is 23.2 Å². The first-order valence-corrected chi connectivity index (χ1v) is 5.95. The van der Waals surface area contributed by atoms with Gasteiger partial charge in [-0.2, -0.15) is 0 Å². The van der Waals surface area contributed by atoms with E-state index in [1.165, 1.54) is 0 Å². The lowest BCUT2D eigenvalue weighted by atomic mass is 10.3. The van der Waals surface area contributed by atoms with E-state index >= 15 is 0 Å². The summed E-state index contributed by atoms with van der Waals surface area (Å²) in [7, 11) is 1.57. The number of nitrogens with one attached hydrogen (secondary N) is 1. The van der Waals surface area contributed by atoms with Gasteiger partial charge in [-0.05, 0) is 36.7 Å². The van der Waals surface area contributed by atoms with Crippen molar-refractivity contribution < 1.29 is 4.74 Å². The van der Waals surface area contributed by atoms with Crippen LogP contribution in [0.3, 0.4) is 0 Å². The summed E-state index contributed by atoms with van der Waals surface area (Å²) in [6, 6.07) is 5.39. The monoisotopic (exact) mass is 283 g/mol. The largest absolute Gasteiger partial charge is 0.495 e. The third-order valence-corrected chi connectivity index (χ3v) is 2.83. The Labute approximate surface area is 115 Å². The van der Waals surface area contributed by atoms with Gasteiger partial charge in [0.1, 0.15) is 11.6 Å². The Hall–Kier alpha value is -1.52. The number of rotatable bonds is 3. The smallest absolute Gasteiger partial charge is 0.224 e. The minimum Gasteiger partial charge on any atom is -0.495 e. The van der Waals surface area contributed by atoms with Gasteiger partial charge in [-0.1, -0.05) is 11.6 Å². The Morgan fingerprint density at radius 2 is 2.06 bits per heavy atom.